The number of hydrogen-bond donors (Lipinski definition) is 1. The Labute approximate surface area is 112 Å². The van der Waals surface area contributed by atoms with Gasteiger partial charge in [-0.3, -0.25) is 4.79 Å². The molecule has 1 N–H and O–H groups in total. The second-order valence-electron chi connectivity index (χ2n) is 3.24. The normalized spacial score (nSPS) is 11.7. The molecule has 8 heteroatoms. The molecule has 5 nitrogen and oxygen atoms in total. The Hall–Kier alpha value is -1.04. The Morgan fingerprint density at radius 3 is 2.76 bits per heavy atom. The van der Waals surface area contributed by atoms with Gasteiger partial charge in [0.1, 0.15) is 12.2 Å². The van der Waals surface area contributed by atoms with Gasteiger partial charge in [0.2, 0.25) is 0 Å². The topological polar surface area (TPSA) is 59.8 Å². The Kier molecular flexibility index (Phi) is 3.42. The molecule has 1 aromatic heterocycles. The first-order valence-electron chi connectivity index (χ1n) is 4.62. The first-order chi connectivity index (χ1) is 7.98. The monoisotopic (exact) mass is 292 g/mol. The van der Waals surface area contributed by atoms with Gasteiger partial charge in [-0.05, 0) is 12.1 Å². The van der Waals surface area contributed by atoms with Crippen LogP contribution in [0, 0.1) is 0 Å². The van der Waals surface area contributed by atoms with E-state index in [0.717, 1.165) is 11.0 Å². The first-order valence-corrected chi connectivity index (χ1v) is 5.75. The molecule has 1 amide bonds. The van der Waals surface area contributed by atoms with Crippen LogP contribution in [0.4, 0.5) is 0 Å². The van der Waals surface area contributed by atoms with Gasteiger partial charge in [-0.1, -0.05) is 52.1 Å². The number of alkyl halides is 3. The molecule has 0 unspecified atom stereocenters. The molecular weight excluding hydrogens is 286 g/mol. The zero-order chi connectivity index (χ0) is 12.5. The van der Waals surface area contributed by atoms with Crippen LogP contribution in [0.5, 0.6) is 0 Å². The van der Waals surface area contributed by atoms with Crippen molar-refractivity contribution >= 4 is 51.7 Å². The zero-order valence-corrected chi connectivity index (χ0v) is 10.7. The molecule has 17 heavy (non-hydrogen) atoms. The molecule has 2 aromatic rings. The van der Waals surface area contributed by atoms with Gasteiger partial charge in [0.25, 0.3) is 9.70 Å². The lowest BCUT2D eigenvalue weighted by atomic mass is 10.3. The highest BCUT2D eigenvalue weighted by Crippen LogP contribution is 2.25. The van der Waals surface area contributed by atoms with Gasteiger partial charge < -0.3 is 5.32 Å². The number of rotatable bonds is 2. The van der Waals surface area contributed by atoms with E-state index in [1.165, 1.54) is 4.68 Å². The van der Waals surface area contributed by atoms with Crippen molar-refractivity contribution in [2.75, 3.05) is 0 Å². The third-order valence-electron chi connectivity index (χ3n) is 2.07. The average Bonchev–Trinajstić information content (AvgIpc) is 2.68. The van der Waals surface area contributed by atoms with E-state index in [2.05, 4.69) is 15.6 Å². The molecule has 0 aliphatic heterocycles. The van der Waals surface area contributed by atoms with Crippen molar-refractivity contribution < 1.29 is 4.79 Å². The smallest absolute Gasteiger partial charge is 0.273 e. The van der Waals surface area contributed by atoms with Gasteiger partial charge in [0.15, 0.2) is 0 Å². The van der Waals surface area contributed by atoms with Crippen LogP contribution in [-0.4, -0.2) is 24.7 Å². The van der Waals surface area contributed by atoms with E-state index in [1.807, 2.05) is 24.3 Å². The summed E-state index contributed by atoms with van der Waals surface area (Å²) in [4.78, 5) is 11.3. The average molecular weight is 294 g/mol. The molecule has 0 bridgehead atoms. The molecule has 0 aliphatic carbocycles. The van der Waals surface area contributed by atoms with Gasteiger partial charge in [-0.25, -0.2) is 4.68 Å². The van der Waals surface area contributed by atoms with E-state index < -0.39 is 9.70 Å². The number of fused-ring (bicyclic) bond motifs is 1. The molecule has 1 aromatic carbocycles. The molecule has 0 fully saturated rings. The number of halogens is 3. The second kappa shape index (κ2) is 4.68. The van der Waals surface area contributed by atoms with E-state index in [1.54, 1.807) is 0 Å². The quantitative estimate of drug-likeness (QED) is 0.860. The number of aromatic nitrogens is 3. The number of benzene rings is 1. The lowest BCUT2D eigenvalue weighted by Crippen LogP contribution is -2.36. The van der Waals surface area contributed by atoms with Crippen LogP contribution in [0.15, 0.2) is 24.3 Å². The maximum Gasteiger partial charge on any atom is 0.273 e. The Morgan fingerprint density at radius 1 is 1.35 bits per heavy atom. The van der Waals surface area contributed by atoms with Gasteiger partial charge in [-0.2, -0.15) is 0 Å². The van der Waals surface area contributed by atoms with Crippen molar-refractivity contribution in [3.63, 3.8) is 0 Å². The molecule has 90 valence electrons. The van der Waals surface area contributed by atoms with E-state index in [4.69, 9.17) is 34.8 Å². The van der Waals surface area contributed by atoms with Crippen LogP contribution in [-0.2, 0) is 11.5 Å². The minimum Gasteiger partial charge on any atom is -0.333 e. The maximum absolute atomic E-state index is 11.3. The summed E-state index contributed by atoms with van der Waals surface area (Å²) in [7, 11) is 0. The summed E-state index contributed by atoms with van der Waals surface area (Å²) < 4.78 is -0.472. The van der Waals surface area contributed by atoms with Gasteiger partial charge in [0, 0.05) is 0 Å². The van der Waals surface area contributed by atoms with Gasteiger partial charge >= 0.3 is 0 Å². The minimum absolute atomic E-state index is 0.0905. The molecule has 0 atom stereocenters. The molecule has 2 rings (SSSR count). The molecule has 1 heterocycles. The first kappa shape index (κ1) is 12.4. The Bertz CT molecular complexity index is 548. The van der Waals surface area contributed by atoms with Crippen LogP contribution < -0.4 is 5.32 Å². The van der Waals surface area contributed by atoms with Crippen molar-refractivity contribution in [2.24, 2.45) is 0 Å². The third kappa shape index (κ3) is 2.80. The summed E-state index contributed by atoms with van der Waals surface area (Å²) in [5.41, 5.74) is 1.52. The van der Waals surface area contributed by atoms with Crippen LogP contribution in [0.2, 0.25) is 0 Å². The molecule has 0 saturated carbocycles. The predicted molar refractivity (Wildman–Crippen MR) is 66.0 cm³/mol. The summed E-state index contributed by atoms with van der Waals surface area (Å²) in [6.07, 6.45) is 0. The van der Waals surface area contributed by atoms with Crippen LogP contribution in [0.25, 0.3) is 11.0 Å². The van der Waals surface area contributed by atoms with Gasteiger partial charge in [0.05, 0.1) is 5.52 Å². The standard InChI is InChI=1S/C9H7Cl3N4O/c10-9(11,12)8(17)13-5-16-7-4-2-1-3-6(7)14-15-16/h1-4H,5H2,(H,13,17). The van der Waals surface area contributed by atoms with Crippen molar-refractivity contribution in [2.45, 2.75) is 10.5 Å². The van der Waals surface area contributed by atoms with Crippen molar-refractivity contribution in [3.05, 3.63) is 24.3 Å². The number of nitrogens with zero attached hydrogens (tertiary/aromatic N) is 3. The summed E-state index contributed by atoms with van der Waals surface area (Å²) in [5.74, 6) is -0.706. The fourth-order valence-electron chi connectivity index (χ4n) is 1.28. The molecular formula is C9H7Cl3N4O. The fraction of sp³-hybridized carbons (Fsp3) is 0.222. The Morgan fingerprint density at radius 2 is 2.06 bits per heavy atom. The fourth-order valence-corrected chi connectivity index (χ4v) is 1.48. The SMILES string of the molecule is O=C(NCn1nnc2ccccc21)C(Cl)(Cl)Cl. The highest BCUT2D eigenvalue weighted by atomic mass is 35.6. The summed E-state index contributed by atoms with van der Waals surface area (Å²) in [6, 6.07) is 7.34. The summed E-state index contributed by atoms with van der Waals surface area (Å²) in [5, 5.41) is 10.2. The number of hydrogen-bond acceptors (Lipinski definition) is 3. The van der Waals surface area contributed by atoms with Crippen LogP contribution in [0.3, 0.4) is 0 Å². The van der Waals surface area contributed by atoms with Crippen molar-refractivity contribution in [3.8, 4) is 0 Å². The minimum atomic E-state index is -1.98. The number of carbonyl (C=O) groups excluding carboxylic acids is 1. The molecule has 0 radical (unpaired) electrons. The van der Waals surface area contributed by atoms with E-state index in [0.29, 0.717) is 0 Å². The number of nitrogens with one attached hydrogen (secondary N) is 1. The van der Waals surface area contributed by atoms with Crippen LogP contribution in [0.1, 0.15) is 0 Å². The van der Waals surface area contributed by atoms with Gasteiger partial charge in [-0.15, -0.1) is 5.10 Å². The Balaban J connectivity index is 2.12. The highest BCUT2D eigenvalue weighted by molar-refractivity contribution is 6.76. The summed E-state index contributed by atoms with van der Waals surface area (Å²) >= 11 is 16.2. The third-order valence-corrected chi connectivity index (χ3v) is 2.58. The predicted octanol–water partition coefficient (Wildman–Crippen LogP) is 1.88. The zero-order valence-electron chi connectivity index (χ0n) is 8.40. The molecule has 0 spiro atoms. The molecule has 0 saturated heterocycles. The summed E-state index contributed by atoms with van der Waals surface area (Å²) in [6.45, 7) is 0.0905. The second-order valence-corrected chi connectivity index (χ2v) is 5.52. The van der Waals surface area contributed by atoms with Crippen molar-refractivity contribution in [1.29, 1.82) is 0 Å². The van der Waals surface area contributed by atoms with E-state index in [9.17, 15) is 4.79 Å². The lowest BCUT2D eigenvalue weighted by Gasteiger charge is -2.11. The molecule has 0 aliphatic rings. The number of carbonyl (C=O) groups is 1. The maximum atomic E-state index is 11.3. The number of para-hydroxylation sites is 1. The number of amides is 1. The largest absolute Gasteiger partial charge is 0.333 e. The van der Waals surface area contributed by atoms with E-state index >= 15 is 0 Å². The lowest BCUT2D eigenvalue weighted by molar-refractivity contribution is -0.120. The van der Waals surface area contributed by atoms with Crippen LogP contribution >= 0.6 is 34.8 Å². The van der Waals surface area contributed by atoms with Crippen molar-refractivity contribution in [1.82, 2.24) is 20.3 Å². The highest BCUT2D eigenvalue weighted by Gasteiger charge is 2.30. The van der Waals surface area contributed by atoms with E-state index in [-0.39, 0.29) is 6.67 Å².